The van der Waals surface area contributed by atoms with E-state index in [-0.39, 0.29) is 29.6 Å². The van der Waals surface area contributed by atoms with Gasteiger partial charge in [-0.3, -0.25) is 19.7 Å². The molecule has 0 unspecified atom stereocenters. The van der Waals surface area contributed by atoms with E-state index in [1.165, 1.54) is 37.7 Å². The first-order chi connectivity index (χ1) is 9.88. The minimum atomic E-state index is -0.494. The Balaban J connectivity index is 2.51. The second kappa shape index (κ2) is 6.04. The van der Waals surface area contributed by atoms with Gasteiger partial charge in [-0.2, -0.15) is 0 Å². The quantitative estimate of drug-likeness (QED) is 0.461. The van der Waals surface area contributed by atoms with Crippen LogP contribution in [0.1, 0.15) is 13.8 Å². The van der Waals surface area contributed by atoms with Crippen LogP contribution in [-0.4, -0.2) is 31.8 Å². The van der Waals surface area contributed by atoms with E-state index in [1.807, 2.05) is 0 Å². The predicted molar refractivity (Wildman–Crippen MR) is 78.5 cm³/mol. The number of aromatic nitrogens is 2. The van der Waals surface area contributed by atoms with Crippen molar-refractivity contribution < 1.29 is 14.5 Å². The molecule has 0 atom stereocenters. The van der Waals surface area contributed by atoms with Gasteiger partial charge in [-0.05, 0) is 19.9 Å². The van der Waals surface area contributed by atoms with Gasteiger partial charge in [0.2, 0.25) is 0 Å². The molecule has 7 nitrogen and oxygen atoms in total. The summed E-state index contributed by atoms with van der Waals surface area (Å²) in [7, 11) is 0. The molecule has 0 N–H and O–H groups in total. The number of nitro benzene ring substituents is 1. The van der Waals surface area contributed by atoms with Crippen LogP contribution in [0.2, 0.25) is 0 Å². The van der Waals surface area contributed by atoms with E-state index in [2.05, 4.69) is 4.98 Å². The molecule has 1 heterocycles. The summed E-state index contributed by atoms with van der Waals surface area (Å²) in [6.45, 7) is 3.04. The molecule has 0 saturated heterocycles. The van der Waals surface area contributed by atoms with Crippen molar-refractivity contribution in [3.05, 3.63) is 28.3 Å². The molecule has 0 radical (unpaired) electrons. The van der Waals surface area contributed by atoms with Gasteiger partial charge in [-0.25, -0.2) is 4.98 Å². The van der Waals surface area contributed by atoms with E-state index in [1.54, 1.807) is 10.6 Å². The van der Waals surface area contributed by atoms with Crippen molar-refractivity contribution in [2.75, 3.05) is 5.75 Å². The number of ketones is 2. The molecule has 0 aliphatic carbocycles. The molecule has 1 aromatic heterocycles. The first-order valence-corrected chi connectivity index (χ1v) is 7.13. The molecule has 0 fully saturated rings. The lowest BCUT2D eigenvalue weighted by Gasteiger charge is -2.05. The third kappa shape index (κ3) is 3.46. The summed E-state index contributed by atoms with van der Waals surface area (Å²) in [6, 6.07) is 4.31. The average Bonchev–Trinajstić information content (AvgIpc) is 2.73. The summed E-state index contributed by atoms with van der Waals surface area (Å²) in [4.78, 5) is 37.1. The number of non-ortho nitro benzene ring substituents is 1. The van der Waals surface area contributed by atoms with Crippen molar-refractivity contribution >= 4 is 40.0 Å². The number of hydrogen-bond donors (Lipinski definition) is 0. The fourth-order valence-corrected chi connectivity index (χ4v) is 2.68. The van der Waals surface area contributed by atoms with Gasteiger partial charge >= 0.3 is 0 Å². The van der Waals surface area contributed by atoms with E-state index in [0.717, 1.165) is 0 Å². The number of Topliss-reactive ketones (excluding diaryl/α,β-unsaturated/α-hetero) is 2. The van der Waals surface area contributed by atoms with Crippen LogP contribution in [0.25, 0.3) is 11.0 Å². The fourth-order valence-electron chi connectivity index (χ4n) is 1.86. The Labute approximate surface area is 124 Å². The second-order valence-electron chi connectivity index (χ2n) is 4.60. The third-order valence-electron chi connectivity index (χ3n) is 2.69. The van der Waals surface area contributed by atoms with Gasteiger partial charge < -0.3 is 4.57 Å². The van der Waals surface area contributed by atoms with Gasteiger partial charge in [0.15, 0.2) is 5.16 Å². The van der Waals surface area contributed by atoms with Crippen molar-refractivity contribution in [2.45, 2.75) is 25.5 Å². The van der Waals surface area contributed by atoms with Crippen LogP contribution in [0.5, 0.6) is 0 Å². The number of nitrogens with zero attached hydrogens (tertiary/aromatic N) is 3. The lowest BCUT2D eigenvalue weighted by Crippen LogP contribution is -2.08. The van der Waals surface area contributed by atoms with Crippen molar-refractivity contribution in [3.63, 3.8) is 0 Å². The normalized spacial score (nSPS) is 10.8. The molecule has 0 saturated carbocycles. The van der Waals surface area contributed by atoms with Crippen LogP contribution in [0.15, 0.2) is 23.4 Å². The maximum Gasteiger partial charge on any atom is 0.271 e. The Morgan fingerprint density at radius 3 is 2.62 bits per heavy atom. The van der Waals surface area contributed by atoms with E-state index in [9.17, 15) is 19.7 Å². The van der Waals surface area contributed by atoms with E-state index >= 15 is 0 Å². The first kappa shape index (κ1) is 15.2. The van der Waals surface area contributed by atoms with Gasteiger partial charge in [0.25, 0.3) is 5.69 Å². The van der Waals surface area contributed by atoms with E-state index in [4.69, 9.17) is 0 Å². The van der Waals surface area contributed by atoms with Gasteiger partial charge in [0.05, 0.1) is 28.3 Å². The largest absolute Gasteiger partial charge is 0.311 e. The standard InChI is InChI=1S/C13H13N3O4S/c1-8(17)6-15-12-4-3-10(16(19)20)5-11(12)14-13(15)21-7-9(2)18/h3-5H,6-7H2,1-2H3. The maximum atomic E-state index is 11.4. The molecule has 0 bridgehead atoms. The number of nitro groups is 1. The Bertz CT molecular complexity index is 738. The molecule has 21 heavy (non-hydrogen) atoms. The molecule has 2 aromatic rings. The number of thioether (sulfide) groups is 1. The summed E-state index contributed by atoms with van der Waals surface area (Å²) in [6.07, 6.45) is 0. The van der Waals surface area contributed by atoms with Gasteiger partial charge in [-0.1, -0.05) is 11.8 Å². The maximum absolute atomic E-state index is 11.4. The molecular formula is C13H13N3O4S. The number of hydrogen-bond acceptors (Lipinski definition) is 6. The molecule has 0 spiro atoms. The van der Waals surface area contributed by atoms with Crippen LogP contribution in [0.3, 0.4) is 0 Å². The Hall–Kier alpha value is -2.22. The minimum absolute atomic E-state index is 0.00703. The molecule has 110 valence electrons. The van der Waals surface area contributed by atoms with Gasteiger partial charge in [0.1, 0.15) is 11.6 Å². The summed E-state index contributed by atoms with van der Waals surface area (Å²) in [5.41, 5.74) is 1.02. The fraction of sp³-hybridized carbons (Fsp3) is 0.308. The van der Waals surface area contributed by atoms with Crippen LogP contribution < -0.4 is 0 Å². The molecular weight excluding hydrogens is 294 g/mol. The first-order valence-electron chi connectivity index (χ1n) is 6.15. The van der Waals surface area contributed by atoms with Crippen LogP contribution in [-0.2, 0) is 16.1 Å². The van der Waals surface area contributed by atoms with Crippen LogP contribution in [0.4, 0.5) is 5.69 Å². The molecule has 1 aromatic carbocycles. The topological polar surface area (TPSA) is 95.1 Å². The number of carbonyl (C=O) groups is 2. The van der Waals surface area contributed by atoms with Crippen LogP contribution in [0, 0.1) is 10.1 Å². The second-order valence-corrected chi connectivity index (χ2v) is 5.55. The lowest BCUT2D eigenvalue weighted by molar-refractivity contribution is -0.384. The predicted octanol–water partition coefficient (Wildman–Crippen LogP) is 2.21. The van der Waals surface area contributed by atoms with Gasteiger partial charge in [0, 0.05) is 12.1 Å². The van der Waals surface area contributed by atoms with E-state index in [0.29, 0.717) is 16.2 Å². The third-order valence-corrected chi connectivity index (χ3v) is 3.81. The molecule has 0 aliphatic heterocycles. The molecule has 0 aliphatic rings. The van der Waals surface area contributed by atoms with Crippen molar-refractivity contribution in [2.24, 2.45) is 0 Å². The molecule has 0 amide bonds. The van der Waals surface area contributed by atoms with Crippen molar-refractivity contribution in [3.8, 4) is 0 Å². The summed E-state index contributed by atoms with van der Waals surface area (Å²) in [5, 5.41) is 11.3. The highest BCUT2D eigenvalue weighted by atomic mass is 32.2. The molecule has 8 heteroatoms. The highest BCUT2D eigenvalue weighted by molar-refractivity contribution is 7.99. The Morgan fingerprint density at radius 1 is 1.33 bits per heavy atom. The summed E-state index contributed by atoms with van der Waals surface area (Å²) >= 11 is 1.22. The highest BCUT2D eigenvalue weighted by Crippen LogP contribution is 2.27. The Morgan fingerprint density at radius 2 is 2.05 bits per heavy atom. The summed E-state index contributed by atoms with van der Waals surface area (Å²) in [5.74, 6) is 0.174. The number of imidazole rings is 1. The number of fused-ring (bicyclic) bond motifs is 1. The zero-order valence-corrected chi connectivity index (χ0v) is 12.3. The average molecular weight is 307 g/mol. The minimum Gasteiger partial charge on any atom is -0.311 e. The highest BCUT2D eigenvalue weighted by Gasteiger charge is 2.16. The lowest BCUT2D eigenvalue weighted by atomic mass is 10.3. The smallest absolute Gasteiger partial charge is 0.271 e. The van der Waals surface area contributed by atoms with Crippen molar-refractivity contribution in [1.29, 1.82) is 0 Å². The summed E-state index contributed by atoms with van der Waals surface area (Å²) < 4.78 is 1.68. The number of benzene rings is 1. The zero-order valence-electron chi connectivity index (χ0n) is 11.5. The number of rotatable bonds is 6. The van der Waals surface area contributed by atoms with Crippen LogP contribution >= 0.6 is 11.8 Å². The molecule has 2 rings (SSSR count). The Kier molecular flexibility index (Phi) is 4.37. The SMILES string of the molecule is CC(=O)CSc1nc2cc([N+](=O)[O-])ccc2n1CC(C)=O. The van der Waals surface area contributed by atoms with Crippen molar-refractivity contribution in [1.82, 2.24) is 9.55 Å². The monoisotopic (exact) mass is 307 g/mol. The van der Waals surface area contributed by atoms with E-state index < -0.39 is 4.92 Å². The number of carbonyl (C=O) groups excluding carboxylic acids is 2. The zero-order chi connectivity index (χ0) is 15.6. The van der Waals surface area contributed by atoms with Gasteiger partial charge in [-0.15, -0.1) is 0 Å².